The number of aliphatic hydroxyl groups excluding tert-OH is 1. The van der Waals surface area contributed by atoms with Crippen LogP contribution in [0.2, 0.25) is 5.02 Å². The lowest BCUT2D eigenvalue weighted by Crippen LogP contribution is -2.14. The lowest BCUT2D eigenvalue weighted by molar-refractivity contribution is 0.0587. The van der Waals surface area contributed by atoms with Crippen LogP contribution in [-0.2, 0) is 57.0 Å². The van der Waals surface area contributed by atoms with Crippen molar-refractivity contribution in [3.8, 4) is 16.9 Å². The van der Waals surface area contributed by atoms with Gasteiger partial charge in [0.1, 0.15) is 17.3 Å². The number of aromatic nitrogens is 5. The van der Waals surface area contributed by atoms with E-state index in [-0.39, 0.29) is 12.4 Å². The number of aliphatic hydroxyl groups is 1. The molecule has 7 rings (SSSR count). The zero-order valence-electron chi connectivity index (χ0n) is 29.3. The van der Waals surface area contributed by atoms with Gasteiger partial charge in [0.25, 0.3) is 0 Å². The monoisotopic (exact) mass is 729 g/mol. The molecule has 4 heterocycles. The molecule has 6 aromatic rings. The van der Waals surface area contributed by atoms with Gasteiger partial charge in [-0.25, -0.2) is 9.18 Å². The van der Waals surface area contributed by atoms with Gasteiger partial charge >= 0.3 is 5.97 Å². The van der Waals surface area contributed by atoms with Crippen LogP contribution in [0.4, 0.5) is 4.39 Å². The maximum atomic E-state index is 14.4. The molecule has 9 nitrogen and oxygen atoms in total. The molecule has 0 radical (unpaired) electrons. The first-order valence-electron chi connectivity index (χ1n) is 17.2. The Hall–Kier alpha value is -4.32. The van der Waals surface area contributed by atoms with Crippen LogP contribution in [0.1, 0.15) is 57.2 Å². The van der Waals surface area contributed by atoms with Crippen molar-refractivity contribution in [3.05, 3.63) is 99.0 Å². The molecule has 0 saturated heterocycles. The molecule has 3 aromatic carbocycles. The number of esters is 1. The number of nitrogens with zero attached hydrogens (tertiary/aromatic N) is 5. The molecule has 3 aromatic heterocycles. The maximum Gasteiger partial charge on any atom is 0.354 e. The van der Waals surface area contributed by atoms with E-state index in [0.29, 0.717) is 48.2 Å². The van der Waals surface area contributed by atoms with E-state index in [4.69, 9.17) is 26.2 Å². The van der Waals surface area contributed by atoms with Gasteiger partial charge in [0.05, 0.1) is 42.3 Å². The number of methoxy groups -OCH3 is 1. The average Bonchev–Trinajstić information content (AvgIpc) is 3.73. The number of aryl methyl sites for hydroxylation is 6. The normalized spacial score (nSPS) is 14.5. The summed E-state index contributed by atoms with van der Waals surface area (Å²) in [5.74, 6) is 1.59. The third kappa shape index (κ3) is 6.74. The summed E-state index contributed by atoms with van der Waals surface area (Å²) < 4.78 is 32.0. The number of rotatable bonds is 3. The van der Waals surface area contributed by atoms with E-state index in [1.165, 1.54) is 13.2 Å². The Morgan fingerprint density at radius 2 is 1.84 bits per heavy atom. The zero-order chi connectivity index (χ0) is 35.8. The molecule has 1 aliphatic heterocycles. The third-order valence-corrected chi connectivity index (χ3v) is 11.2. The Labute approximate surface area is 305 Å². The summed E-state index contributed by atoms with van der Waals surface area (Å²) in [5.41, 5.74) is 8.23. The molecule has 12 heteroatoms. The Morgan fingerprint density at radius 1 is 1.02 bits per heavy atom. The predicted molar refractivity (Wildman–Crippen MR) is 200 cm³/mol. The molecule has 0 spiro atoms. The summed E-state index contributed by atoms with van der Waals surface area (Å²) in [7, 11) is 5.22. The molecular weight excluding hydrogens is 689 g/mol. The van der Waals surface area contributed by atoms with Crippen molar-refractivity contribution in [1.82, 2.24) is 24.1 Å². The minimum absolute atomic E-state index is 0.257. The number of ether oxygens (including phenoxy) is 2. The van der Waals surface area contributed by atoms with E-state index < -0.39 is 5.97 Å². The van der Waals surface area contributed by atoms with Crippen LogP contribution < -0.4 is 4.74 Å². The first-order chi connectivity index (χ1) is 24.7. The van der Waals surface area contributed by atoms with Gasteiger partial charge in [-0.3, -0.25) is 9.36 Å². The molecule has 1 N–H and O–H groups in total. The van der Waals surface area contributed by atoms with Crippen LogP contribution in [-0.4, -0.2) is 54.7 Å². The topological polar surface area (TPSA) is 96.3 Å². The lowest BCUT2D eigenvalue weighted by atomic mass is 9.98. The SMILES string of the molecule is COC(=O)c1c2c3ccc(Cl)c(-c4c(CO)nn(C)c4C)c3n1CCCSCc1cc(n(C)n1)CCc1cc(c3ccc(F)cc3c1)OCCC2. The second kappa shape index (κ2) is 14.7. The average molecular weight is 730 g/mol. The second-order valence-corrected chi connectivity index (χ2v) is 14.6. The highest BCUT2D eigenvalue weighted by atomic mass is 35.5. The van der Waals surface area contributed by atoms with E-state index in [2.05, 4.69) is 21.8 Å². The smallest absolute Gasteiger partial charge is 0.354 e. The standard InChI is InChI=1S/C39H41ClFN5O4S/c1-23-35(33(21-47)43-44(23)2)36-32(40)13-12-31-30-7-5-15-50-34-18-24(17-25-19-26(41)9-11-29(25)34)8-10-28-20-27(42-45(28)3)22-51-16-6-14-46(37(31)36)38(30)39(48)49-4/h9,11-13,17-20,47H,5-8,10,14-16,21-22H2,1-4H3. The van der Waals surface area contributed by atoms with Crippen molar-refractivity contribution in [1.29, 1.82) is 0 Å². The fraction of sp³-hybridized carbons (Fsp3) is 0.359. The quantitative estimate of drug-likeness (QED) is 0.186. The number of fused-ring (bicyclic) bond motifs is 11. The number of carbonyl (C=O) groups is 1. The summed E-state index contributed by atoms with van der Waals surface area (Å²) in [5, 5.41) is 22.7. The Kier molecular flexibility index (Phi) is 10.1. The number of thioether (sulfide) groups is 1. The largest absolute Gasteiger partial charge is 0.493 e. The molecule has 1 aliphatic rings. The van der Waals surface area contributed by atoms with Gasteiger partial charge in [0.15, 0.2) is 0 Å². The fourth-order valence-electron chi connectivity index (χ4n) is 7.36. The third-order valence-electron chi connectivity index (χ3n) is 9.85. The lowest BCUT2D eigenvalue weighted by Gasteiger charge is -2.15. The number of benzene rings is 3. The van der Waals surface area contributed by atoms with Crippen LogP contribution in [0, 0.1) is 12.7 Å². The predicted octanol–water partition coefficient (Wildman–Crippen LogP) is 7.74. The van der Waals surface area contributed by atoms with Crippen molar-refractivity contribution in [3.63, 3.8) is 0 Å². The molecule has 0 aliphatic carbocycles. The summed E-state index contributed by atoms with van der Waals surface area (Å²) in [6.45, 7) is 2.62. The number of carbonyl (C=O) groups excluding carboxylic acids is 1. The van der Waals surface area contributed by atoms with E-state index in [1.807, 2.05) is 43.9 Å². The molecule has 266 valence electrons. The highest BCUT2D eigenvalue weighted by molar-refractivity contribution is 7.98. The summed E-state index contributed by atoms with van der Waals surface area (Å²) in [6.07, 6.45) is 3.49. The zero-order valence-corrected chi connectivity index (χ0v) is 30.8. The highest BCUT2D eigenvalue weighted by Crippen LogP contribution is 2.42. The molecule has 0 atom stereocenters. The highest BCUT2D eigenvalue weighted by Gasteiger charge is 2.29. The van der Waals surface area contributed by atoms with Gasteiger partial charge in [-0.15, -0.1) is 0 Å². The molecule has 0 amide bonds. The van der Waals surface area contributed by atoms with Crippen LogP contribution in [0.25, 0.3) is 32.8 Å². The van der Waals surface area contributed by atoms with Crippen molar-refractivity contribution >= 4 is 51.0 Å². The molecule has 6 bridgehead atoms. The van der Waals surface area contributed by atoms with Crippen molar-refractivity contribution in [2.45, 2.75) is 57.9 Å². The van der Waals surface area contributed by atoms with Crippen LogP contribution in [0.15, 0.2) is 48.5 Å². The first kappa shape index (κ1) is 35.1. The van der Waals surface area contributed by atoms with Crippen molar-refractivity contribution in [2.24, 2.45) is 14.1 Å². The van der Waals surface area contributed by atoms with Crippen molar-refractivity contribution in [2.75, 3.05) is 19.5 Å². The molecule has 51 heavy (non-hydrogen) atoms. The Morgan fingerprint density at radius 3 is 2.65 bits per heavy atom. The Balaban J connectivity index is 1.35. The van der Waals surface area contributed by atoms with Gasteiger partial charge in [-0.2, -0.15) is 22.0 Å². The minimum atomic E-state index is -0.425. The van der Waals surface area contributed by atoms with E-state index in [0.717, 1.165) is 91.8 Å². The van der Waals surface area contributed by atoms with E-state index in [1.54, 1.807) is 28.6 Å². The number of halogens is 2. The van der Waals surface area contributed by atoms with Gasteiger partial charge in [-0.05, 0) is 97.7 Å². The summed E-state index contributed by atoms with van der Waals surface area (Å²) in [6, 6.07) is 14.9. The Bertz CT molecular complexity index is 2280. The second-order valence-electron chi connectivity index (χ2n) is 13.0. The van der Waals surface area contributed by atoms with Gasteiger partial charge in [0, 0.05) is 59.7 Å². The van der Waals surface area contributed by atoms with Crippen LogP contribution in [0.3, 0.4) is 0 Å². The van der Waals surface area contributed by atoms with E-state index >= 15 is 0 Å². The van der Waals surface area contributed by atoms with Gasteiger partial charge < -0.3 is 19.1 Å². The van der Waals surface area contributed by atoms with Crippen LogP contribution >= 0.6 is 23.4 Å². The molecule has 0 fully saturated rings. The number of hydrogen-bond donors (Lipinski definition) is 1. The van der Waals surface area contributed by atoms with E-state index in [9.17, 15) is 14.3 Å². The molecular formula is C39H41ClFN5O4S. The minimum Gasteiger partial charge on any atom is -0.493 e. The summed E-state index contributed by atoms with van der Waals surface area (Å²) in [4.78, 5) is 13.7. The van der Waals surface area contributed by atoms with Crippen molar-refractivity contribution < 1.29 is 23.8 Å². The molecule has 0 saturated carbocycles. The fourth-order valence-corrected chi connectivity index (χ4v) is 8.43. The van der Waals surface area contributed by atoms with Gasteiger partial charge in [-0.1, -0.05) is 23.7 Å². The number of hydrogen-bond acceptors (Lipinski definition) is 7. The first-order valence-corrected chi connectivity index (χ1v) is 18.7. The maximum absolute atomic E-state index is 14.4. The van der Waals surface area contributed by atoms with Crippen LogP contribution in [0.5, 0.6) is 5.75 Å². The summed E-state index contributed by atoms with van der Waals surface area (Å²) >= 11 is 8.83. The molecule has 0 unspecified atom stereocenters. The van der Waals surface area contributed by atoms with Gasteiger partial charge in [0.2, 0.25) is 0 Å².